The van der Waals surface area contributed by atoms with Crippen molar-refractivity contribution in [2.45, 2.75) is 29.9 Å². The van der Waals surface area contributed by atoms with Crippen molar-refractivity contribution in [3.8, 4) is 6.19 Å². The van der Waals surface area contributed by atoms with E-state index < -0.39 is 10.0 Å². The molecule has 3 rings (SSSR count). The average molecular weight is 543 g/mol. The molecule has 1 N–H and O–H groups in total. The SMILES string of the molecule is CN(Cc1ccncc1)C[C@H]1C[C@@H](NS(=O)(=O)c2cc(Br)ccc2Br)CN1C#N. The third-order valence-electron chi connectivity index (χ3n) is 4.77. The number of aromatic nitrogens is 1. The van der Waals surface area contributed by atoms with Gasteiger partial charge in [0.15, 0.2) is 6.19 Å². The van der Waals surface area contributed by atoms with Gasteiger partial charge in [-0.15, -0.1) is 0 Å². The summed E-state index contributed by atoms with van der Waals surface area (Å²) in [6.45, 7) is 1.75. The third kappa shape index (κ3) is 5.77. The predicted molar refractivity (Wildman–Crippen MR) is 117 cm³/mol. The Hall–Kier alpha value is -1.51. The van der Waals surface area contributed by atoms with Gasteiger partial charge < -0.3 is 9.80 Å². The minimum Gasteiger partial charge on any atom is -0.305 e. The van der Waals surface area contributed by atoms with Gasteiger partial charge in [-0.2, -0.15) is 5.26 Å². The molecule has 0 radical (unpaired) electrons. The molecule has 0 saturated carbocycles. The smallest absolute Gasteiger partial charge is 0.242 e. The molecule has 0 bridgehead atoms. The molecule has 0 amide bonds. The van der Waals surface area contributed by atoms with E-state index in [2.05, 4.69) is 52.7 Å². The van der Waals surface area contributed by atoms with Crippen molar-refractivity contribution < 1.29 is 8.42 Å². The van der Waals surface area contributed by atoms with Gasteiger partial charge in [0.1, 0.15) is 0 Å². The van der Waals surface area contributed by atoms with Crippen molar-refractivity contribution in [2.24, 2.45) is 0 Å². The number of likely N-dealkylation sites (N-methyl/N-ethyl adjacent to an activating group) is 1. The van der Waals surface area contributed by atoms with Gasteiger partial charge in [-0.25, -0.2) is 13.1 Å². The molecule has 2 aromatic rings. The first-order valence-corrected chi connectivity index (χ1v) is 12.1. The lowest BCUT2D eigenvalue weighted by Gasteiger charge is -2.24. The molecule has 29 heavy (non-hydrogen) atoms. The highest BCUT2D eigenvalue weighted by Crippen LogP contribution is 2.27. The molecule has 0 aliphatic carbocycles. The molecule has 154 valence electrons. The van der Waals surface area contributed by atoms with E-state index in [1.807, 2.05) is 19.2 Å². The highest BCUT2D eigenvalue weighted by Gasteiger charge is 2.35. The second-order valence-corrected chi connectivity index (χ2v) is 10.5. The summed E-state index contributed by atoms with van der Waals surface area (Å²) in [4.78, 5) is 7.99. The van der Waals surface area contributed by atoms with Gasteiger partial charge in [-0.1, -0.05) is 15.9 Å². The summed E-state index contributed by atoms with van der Waals surface area (Å²) < 4.78 is 29.6. The third-order valence-corrected chi connectivity index (χ3v) is 7.78. The Morgan fingerprint density at radius 2 is 2.03 bits per heavy atom. The topological polar surface area (TPSA) is 89.3 Å². The monoisotopic (exact) mass is 541 g/mol. The number of nitrogens with one attached hydrogen (secondary N) is 1. The summed E-state index contributed by atoms with van der Waals surface area (Å²) in [6, 6.07) is 8.55. The molecule has 2 atom stereocenters. The van der Waals surface area contributed by atoms with Crippen LogP contribution in [-0.4, -0.2) is 55.4 Å². The minimum absolute atomic E-state index is 0.0505. The van der Waals surface area contributed by atoms with E-state index in [0.29, 0.717) is 28.5 Å². The maximum atomic E-state index is 12.8. The summed E-state index contributed by atoms with van der Waals surface area (Å²) in [6.07, 6.45) is 6.28. The molecule has 0 spiro atoms. The van der Waals surface area contributed by atoms with Crippen LogP contribution in [0.15, 0.2) is 56.6 Å². The van der Waals surface area contributed by atoms with Crippen LogP contribution in [0, 0.1) is 11.5 Å². The molecule has 1 aromatic carbocycles. The molecule has 7 nitrogen and oxygen atoms in total. The van der Waals surface area contributed by atoms with Crippen LogP contribution < -0.4 is 4.72 Å². The number of hydrogen-bond donors (Lipinski definition) is 1. The molecular weight excluding hydrogens is 522 g/mol. The van der Waals surface area contributed by atoms with Gasteiger partial charge in [-0.3, -0.25) is 4.98 Å². The fraction of sp³-hybridized carbons (Fsp3) is 0.368. The van der Waals surface area contributed by atoms with Crippen molar-refractivity contribution in [2.75, 3.05) is 20.1 Å². The second-order valence-electron chi connectivity index (χ2n) is 7.09. The van der Waals surface area contributed by atoms with Crippen LogP contribution in [0.4, 0.5) is 0 Å². The minimum atomic E-state index is -3.71. The lowest BCUT2D eigenvalue weighted by atomic mass is 10.1. The van der Waals surface area contributed by atoms with Crippen molar-refractivity contribution in [1.82, 2.24) is 19.5 Å². The Bertz CT molecular complexity index is 997. The Morgan fingerprint density at radius 1 is 1.31 bits per heavy atom. The molecular formula is C19H21Br2N5O2S. The zero-order chi connectivity index (χ0) is 21.0. The van der Waals surface area contributed by atoms with Gasteiger partial charge in [0.2, 0.25) is 10.0 Å². The van der Waals surface area contributed by atoms with Crippen LogP contribution in [0.25, 0.3) is 0 Å². The van der Waals surface area contributed by atoms with E-state index in [4.69, 9.17) is 0 Å². The molecule has 10 heteroatoms. The highest BCUT2D eigenvalue weighted by molar-refractivity contribution is 9.11. The molecule has 0 unspecified atom stereocenters. The van der Waals surface area contributed by atoms with Crippen LogP contribution in [-0.2, 0) is 16.6 Å². The van der Waals surface area contributed by atoms with Gasteiger partial charge in [-0.05, 0) is 65.3 Å². The van der Waals surface area contributed by atoms with Crippen molar-refractivity contribution in [3.05, 3.63) is 57.2 Å². The van der Waals surface area contributed by atoms with Crippen LogP contribution in [0.5, 0.6) is 0 Å². The molecule has 1 aromatic heterocycles. The fourth-order valence-corrected chi connectivity index (χ4v) is 6.23. The van der Waals surface area contributed by atoms with Gasteiger partial charge in [0.05, 0.1) is 10.9 Å². The van der Waals surface area contributed by atoms with Crippen LogP contribution >= 0.6 is 31.9 Å². The number of rotatable bonds is 7. The summed E-state index contributed by atoms with van der Waals surface area (Å²) in [5.41, 5.74) is 1.14. The maximum absolute atomic E-state index is 12.8. The van der Waals surface area contributed by atoms with E-state index in [9.17, 15) is 13.7 Å². The van der Waals surface area contributed by atoms with Crippen molar-refractivity contribution >= 4 is 41.9 Å². The first kappa shape index (κ1) is 22.2. The van der Waals surface area contributed by atoms with Crippen molar-refractivity contribution in [1.29, 1.82) is 5.26 Å². The average Bonchev–Trinajstić information content (AvgIpc) is 3.04. The van der Waals surface area contributed by atoms with E-state index in [-0.39, 0.29) is 17.0 Å². The standard InChI is InChI=1S/C19H21Br2N5O2S/c1-25(10-14-4-6-23-7-5-14)12-17-9-16(11-26(17)13-22)24-29(27,28)19-8-15(20)2-3-18(19)21/h2-8,16-17,24H,9-12H2,1H3/t16-,17-/m1/s1. The molecule has 1 aliphatic rings. The quantitative estimate of drug-likeness (QED) is 0.541. The molecule has 1 saturated heterocycles. The normalized spacial score (nSPS) is 19.5. The first-order valence-electron chi connectivity index (χ1n) is 8.99. The molecule has 2 heterocycles. The number of halogens is 2. The molecule has 1 fully saturated rings. The fourth-order valence-electron chi connectivity index (χ4n) is 3.49. The Kier molecular flexibility index (Phi) is 7.29. The summed E-state index contributed by atoms with van der Waals surface area (Å²) >= 11 is 6.62. The predicted octanol–water partition coefficient (Wildman–Crippen LogP) is 2.94. The van der Waals surface area contributed by atoms with Crippen LogP contribution in [0.1, 0.15) is 12.0 Å². The second kappa shape index (κ2) is 9.53. The highest BCUT2D eigenvalue weighted by atomic mass is 79.9. The van der Waals surface area contributed by atoms with E-state index in [0.717, 1.165) is 12.1 Å². The van der Waals surface area contributed by atoms with Gasteiger partial charge in [0.25, 0.3) is 0 Å². The number of sulfonamides is 1. The maximum Gasteiger partial charge on any atom is 0.242 e. The summed E-state index contributed by atoms with van der Waals surface area (Å²) in [7, 11) is -1.72. The zero-order valence-corrected chi connectivity index (χ0v) is 19.8. The van der Waals surface area contributed by atoms with Gasteiger partial charge >= 0.3 is 0 Å². The van der Waals surface area contributed by atoms with E-state index in [1.54, 1.807) is 35.5 Å². The summed E-state index contributed by atoms with van der Waals surface area (Å²) in [5, 5.41) is 9.51. The van der Waals surface area contributed by atoms with Crippen molar-refractivity contribution in [3.63, 3.8) is 0 Å². The lowest BCUT2D eigenvalue weighted by molar-refractivity contribution is 0.237. The Balaban J connectivity index is 1.65. The van der Waals surface area contributed by atoms with Crippen LogP contribution in [0.2, 0.25) is 0 Å². The number of benzene rings is 1. The summed E-state index contributed by atoms with van der Waals surface area (Å²) in [5.74, 6) is 0. The van der Waals surface area contributed by atoms with E-state index in [1.165, 1.54) is 0 Å². The lowest BCUT2D eigenvalue weighted by Crippen LogP contribution is -2.36. The largest absolute Gasteiger partial charge is 0.305 e. The number of nitrogens with zero attached hydrogens (tertiary/aromatic N) is 4. The number of nitriles is 1. The zero-order valence-electron chi connectivity index (χ0n) is 15.8. The van der Waals surface area contributed by atoms with Crippen LogP contribution in [0.3, 0.4) is 0 Å². The number of likely N-dealkylation sites (tertiary alicyclic amines) is 1. The first-order chi connectivity index (χ1) is 13.8. The van der Waals surface area contributed by atoms with Gasteiger partial charge in [0, 0.05) is 47.0 Å². The molecule has 1 aliphatic heterocycles. The number of pyridine rings is 1. The van der Waals surface area contributed by atoms with E-state index >= 15 is 0 Å². The Labute approximate surface area is 188 Å². The Morgan fingerprint density at radius 3 is 2.72 bits per heavy atom. The number of hydrogen-bond acceptors (Lipinski definition) is 6.